The first kappa shape index (κ1) is 67.3. The van der Waals surface area contributed by atoms with Gasteiger partial charge in [0.25, 0.3) is 0 Å². The number of ether oxygens (including phenoxy) is 9. The number of carboxylic acid groups (broad SMARTS) is 2. The number of nitrogens with zero attached hydrogens (tertiary/aromatic N) is 3. The molecule has 17 N–H and O–H groups in total. The van der Waals surface area contributed by atoms with Gasteiger partial charge in [0.05, 0.1) is 97.2 Å². The standard InChI is InChI=1S/C47H78N10O21/c1-4-14-70-18-20-73-22-23-74-21-19-71-15-9-36(63)57(13-17-72-16-11-53-47(69)77-39(32(61)26-58)38-28(2)30(55-44(48)49)24-34(75-38)42(64)65)12-8-6-5-7-10-52-46(68)78-40(33(62)27-59)41-37(54-29(3)60)31(56-45(50)51)25-35(76-41)43(66)67/h1,24-25,28,30-33,37-41,58-59,61-62H,5-23,26-27H2,2-3H3,(H,52,68)(H,53,69)(H,54,60)(H,64,65)(H,66,67)(H4,48,49,55)(H4,50,51,56)/t28-,30+,31+,32-,33-,37-,38-,39-,40-,41-/m1/s1. The lowest BCUT2D eigenvalue weighted by Crippen LogP contribution is -2.61. The summed E-state index contributed by atoms with van der Waals surface area (Å²) in [6.07, 6.45) is -2.32. The van der Waals surface area contributed by atoms with Crippen molar-refractivity contribution in [2.45, 2.75) is 101 Å². The van der Waals surface area contributed by atoms with Crippen molar-refractivity contribution in [1.82, 2.24) is 20.9 Å². The molecule has 0 saturated heterocycles. The number of aliphatic hydroxyl groups is 4. The molecule has 0 unspecified atom stereocenters. The molecule has 31 nitrogen and oxygen atoms in total. The number of rotatable bonds is 39. The Morgan fingerprint density at radius 3 is 1.71 bits per heavy atom. The number of hydrogen-bond donors (Lipinski definition) is 13. The van der Waals surface area contributed by atoms with Crippen LogP contribution in [-0.2, 0) is 61.8 Å². The molecular weight excluding hydrogens is 1040 g/mol. The molecule has 78 heavy (non-hydrogen) atoms. The lowest BCUT2D eigenvalue weighted by molar-refractivity contribution is -0.147. The second kappa shape index (κ2) is 37.9. The molecule has 0 aliphatic carbocycles. The first-order valence-electron chi connectivity index (χ1n) is 25.0. The molecule has 2 heterocycles. The van der Waals surface area contributed by atoms with Crippen molar-refractivity contribution in [3.05, 3.63) is 23.7 Å². The molecule has 2 aliphatic rings. The van der Waals surface area contributed by atoms with E-state index < -0.39 is 121 Å². The number of aliphatic imine (C=N–C) groups is 2. The zero-order valence-corrected chi connectivity index (χ0v) is 43.8. The quantitative estimate of drug-likeness (QED) is 0.0119. The van der Waals surface area contributed by atoms with Crippen LogP contribution < -0.4 is 38.9 Å². The normalized spacial score (nSPS) is 20.2. The smallest absolute Gasteiger partial charge is 0.407 e. The summed E-state index contributed by atoms with van der Waals surface area (Å²) in [5, 5.41) is 67.6. The van der Waals surface area contributed by atoms with Gasteiger partial charge in [-0.1, -0.05) is 25.7 Å². The summed E-state index contributed by atoms with van der Waals surface area (Å²) in [6, 6.07) is -3.42. The minimum Gasteiger partial charge on any atom is -0.479 e. The van der Waals surface area contributed by atoms with Crippen molar-refractivity contribution in [3.8, 4) is 12.3 Å². The van der Waals surface area contributed by atoms with E-state index in [0.29, 0.717) is 58.7 Å². The minimum atomic E-state index is -1.81. The number of aliphatic hydroxyl groups excluding tert-OH is 4. The number of hydrogen-bond acceptors (Lipinski definition) is 21. The highest BCUT2D eigenvalue weighted by Crippen LogP contribution is 2.31. The number of nitrogens with one attached hydrogen (secondary N) is 3. The second-order valence-electron chi connectivity index (χ2n) is 17.4. The molecule has 0 saturated carbocycles. The number of guanidine groups is 2. The number of alkyl carbamates (subject to hydrolysis) is 2. The summed E-state index contributed by atoms with van der Waals surface area (Å²) < 4.78 is 49.2. The summed E-state index contributed by atoms with van der Waals surface area (Å²) in [6.45, 7) is 3.51. The molecule has 0 radical (unpaired) electrons. The number of carbonyl (C=O) groups is 6. The summed E-state index contributed by atoms with van der Waals surface area (Å²) in [5.74, 6) is -4.30. The first-order chi connectivity index (χ1) is 37.2. The number of carbonyl (C=O) groups excluding carboxylic acids is 4. The number of carboxylic acids is 2. The van der Waals surface area contributed by atoms with Crippen LogP contribution in [0.1, 0.15) is 46.0 Å². The molecular formula is C47H78N10O21. The van der Waals surface area contributed by atoms with Gasteiger partial charge in [-0.15, -0.1) is 6.42 Å². The molecule has 0 aromatic rings. The maximum atomic E-state index is 13.4. The molecule has 0 aromatic heterocycles. The van der Waals surface area contributed by atoms with E-state index in [9.17, 15) is 59.4 Å². The van der Waals surface area contributed by atoms with Crippen LogP contribution in [0.5, 0.6) is 0 Å². The highest BCUT2D eigenvalue weighted by molar-refractivity contribution is 5.86. The van der Waals surface area contributed by atoms with Gasteiger partial charge >= 0.3 is 24.1 Å². The molecule has 0 fully saturated rings. The Labute approximate surface area is 450 Å². The van der Waals surface area contributed by atoms with Gasteiger partial charge in [-0.25, -0.2) is 29.2 Å². The van der Waals surface area contributed by atoms with Crippen LogP contribution >= 0.6 is 0 Å². The Kier molecular flexibility index (Phi) is 32.7. The zero-order chi connectivity index (χ0) is 58.0. The molecule has 0 bridgehead atoms. The number of terminal acetylenes is 1. The summed E-state index contributed by atoms with van der Waals surface area (Å²) in [5.41, 5.74) is 22.1. The lowest BCUT2D eigenvalue weighted by Gasteiger charge is -2.39. The third-order valence-electron chi connectivity index (χ3n) is 11.4. The third-order valence-corrected chi connectivity index (χ3v) is 11.4. The van der Waals surface area contributed by atoms with Gasteiger partial charge in [0.2, 0.25) is 23.3 Å². The molecule has 442 valence electrons. The molecule has 2 rings (SSSR count). The zero-order valence-electron chi connectivity index (χ0n) is 43.8. The van der Waals surface area contributed by atoms with Crippen LogP contribution in [0.2, 0.25) is 0 Å². The fourth-order valence-electron chi connectivity index (χ4n) is 7.62. The Balaban J connectivity index is 1.96. The van der Waals surface area contributed by atoms with Crippen molar-refractivity contribution in [2.75, 3.05) is 105 Å². The van der Waals surface area contributed by atoms with Crippen molar-refractivity contribution < 1.29 is 102 Å². The number of unbranched alkanes of at least 4 members (excludes halogenated alkanes) is 3. The maximum Gasteiger partial charge on any atom is 0.407 e. The van der Waals surface area contributed by atoms with Gasteiger partial charge in [0.15, 0.2) is 30.2 Å². The third kappa shape index (κ3) is 26.1. The van der Waals surface area contributed by atoms with Crippen LogP contribution in [0.4, 0.5) is 9.59 Å². The van der Waals surface area contributed by atoms with Crippen LogP contribution in [-0.4, -0.2) is 244 Å². The average Bonchev–Trinajstić information content (AvgIpc) is 3.42. The van der Waals surface area contributed by atoms with Crippen LogP contribution in [0.25, 0.3) is 0 Å². The Bertz CT molecular complexity index is 2030. The summed E-state index contributed by atoms with van der Waals surface area (Å²) in [7, 11) is 0. The first-order valence-corrected chi connectivity index (χ1v) is 25.0. The van der Waals surface area contributed by atoms with E-state index in [1.807, 2.05) is 0 Å². The van der Waals surface area contributed by atoms with Crippen molar-refractivity contribution >= 4 is 47.9 Å². The predicted octanol–water partition coefficient (Wildman–Crippen LogP) is -4.46. The predicted molar refractivity (Wildman–Crippen MR) is 272 cm³/mol. The molecule has 0 aromatic carbocycles. The number of nitrogens with two attached hydrogens (primary N) is 4. The maximum absolute atomic E-state index is 13.4. The fourth-order valence-corrected chi connectivity index (χ4v) is 7.62. The van der Waals surface area contributed by atoms with E-state index >= 15 is 0 Å². The van der Waals surface area contributed by atoms with E-state index in [2.05, 4.69) is 31.9 Å². The van der Waals surface area contributed by atoms with Gasteiger partial charge in [0, 0.05) is 39.0 Å². The van der Waals surface area contributed by atoms with Crippen LogP contribution in [0.3, 0.4) is 0 Å². The molecule has 4 amide bonds. The van der Waals surface area contributed by atoms with Crippen LogP contribution in [0.15, 0.2) is 33.7 Å². The summed E-state index contributed by atoms with van der Waals surface area (Å²) in [4.78, 5) is 84.6. The van der Waals surface area contributed by atoms with Gasteiger partial charge in [-0.3, -0.25) is 9.59 Å². The molecule has 10 atom stereocenters. The van der Waals surface area contributed by atoms with E-state index in [1.165, 1.54) is 0 Å². The van der Waals surface area contributed by atoms with Gasteiger partial charge < -0.3 is 117 Å². The van der Waals surface area contributed by atoms with Crippen molar-refractivity contribution in [1.29, 1.82) is 0 Å². The topological polar surface area (TPSA) is 475 Å². The fraction of sp³-hybridized carbons (Fsp3) is 0.702. The van der Waals surface area contributed by atoms with Gasteiger partial charge in [-0.05, 0) is 25.0 Å². The second-order valence-corrected chi connectivity index (χ2v) is 17.4. The van der Waals surface area contributed by atoms with Crippen molar-refractivity contribution in [2.24, 2.45) is 38.8 Å². The molecule has 2 aliphatic heterocycles. The highest BCUT2D eigenvalue weighted by Gasteiger charge is 2.47. The highest BCUT2D eigenvalue weighted by atomic mass is 16.6. The lowest BCUT2D eigenvalue weighted by atomic mass is 9.87. The molecule has 31 heteroatoms. The number of aliphatic carboxylic acids is 2. The monoisotopic (exact) mass is 1120 g/mol. The summed E-state index contributed by atoms with van der Waals surface area (Å²) >= 11 is 0. The van der Waals surface area contributed by atoms with Gasteiger partial charge in [0.1, 0.15) is 24.9 Å². The average molecular weight is 1120 g/mol. The Morgan fingerprint density at radius 1 is 0.679 bits per heavy atom. The minimum absolute atomic E-state index is 0.0348. The van der Waals surface area contributed by atoms with Crippen LogP contribution in [0, 0.1) is 18.3 Å². The van der Waals surface area contributed by atoms with E-state index in [1.54, 1.807) is 11.8 Å². The Morgan fingerprint density at radius 2 is 1.17 bits per heavy atom. The van der Waals surface area contributed by atoms with Crippen molar-refractivity contribution in [3.63, 3.8) is 0 Å². The van der Waals surface area contributed by atoms with Gasteiger partial charge in [-0.2, -0.15) is 0 Å². The number of amides is 4. The largest absolute Gasteiger partial charge is 0.479 e. The van der Waals surface area contributed by atoms with E-state index in [4.69, 9.17) is 72.0 Å². The van der Waals surface area contributed by atoms with E-state index in [-0.39, 0.29) is 77.6 Å². The molecule has 0 spiro atoms. The Hall–Kier alpha value is -6.76. The van der Waals surface area contributed by atoms with E-state index in [0.717, 1.165) is 19.1 Å². The SMILES string of the molecule is C#CCOCCOCCOCCOCCC(=O)N(CCCCCCNC(=O)O[C@@H]([C@@H]1OC(C(=O)O)=C[C@H](N=C(N)N)[C@H]1NC(C)=O)[C@H](O)CO)CCOCCNC(=O)O[C@@H]([C@@H]1OC(C(=O)O)=C[C@H](N=C(N)N)[C@H]1C)[C@H](O)CO.